The second-order valence-electron chi connectivity index (χ2n) is 5.93. The third kappa shape index (κ3) is 9.24. The number of hydrogen-bond acceptors (Lipinski definition) is 3. The summed E-state index contributed by atoms with van der Waals surface area (Å²) in [4.78, 5) is 11.5. The fourth-order valence-electron chi connectivity index (χ4n) is 2.02. The van der Waals surface area contributed by atoms with Crippen LogP contribution in [0.2, 0.25) is 0 Å². The molecule has 0 bridgehead atoms. The third-order valence-electron chi connectivity index (χ3n) is 2.55. The molecule has 108 valence electrons. The van der Waals surface area contributed by atoms with Gasteiger partial charge in [0.05, 0.1) is 12.7 Å². The second kappa shape index (κ2) is 8.32. The number of hydrogen-bond donors (Lipinski definition) is 3. The monoisotopic (exact) mass is 260 g/mol. The number of urea groups is 1. The van der Waals surface area contributed by atoms with Crippen molar-refractivity contribution in [3.63, 3.8) is 0 Å². The van der Waals surface area contributed by atoms with Gasteiger partial charge < -0.3 is 20.5 Å². The Kier molecular flexibility index (Phi) is 7.95. The number of rotatable bonds is 8. The smallest absolute Gasteiger partial charge is 0.314 e. The molecule has 1 unspecified atom stereocenters. The number of carbonyl (C=O) groups is 1. The number of amides is 2. The molecule has 5 heteroatoms. The molecule has 3 N–H and O–H groups in total. The van der Waals surface area contributed by atoms with Gasteiger partial charge in [0.2, 0.25) is 0 Å². The molecule has 0 fully saturated rings. The molecular weight excluding hydrogens is 232 g/mol. The molecule has 2 amide bonds. The molecule has 0 spiro atoms. The molecule has 0 aliphatic rings. The van der Waals surface area contributed by atoms with Gasteiger partial charge in [0.1, 0.15) is 0 Å². The van der Waals surface area contributed by atoms with Crippen molar-refractivity contribution in [2.75, 3.05) is 26.8 Å². The van der Waals surface area contributed by atoms with E-state index in [1.807, 2.05) is 0 Å². The van der Waals surface area contributed by atoms with Gasteiger partial charge in [-0.1, -0.05) is 27.7 Å². The fraction of sp³-hybridized carbons (Fsp3) is 0.923. The minimum Gasteiger partial charge on any atom is -0.389 e. The first-order valence-electron chi connectivity index (χ1n) is 6.45. The van der Waals surface area contributed by atoms with Crippen LogP contribution in [-0.4, -0.2) is 44.0 Å². The van der Waals surface area contributed by atoms with Crippen LogP contribution in [-0.2, 0) is 4.74 Å². The maximum Gasteiger partial charge on any atom is 0.314 e. The number of carbonyl (C=O) groups excluding carboxylic acids is 1. The first-order chi connectivity index (χ1) is 8.26. The number of methoxy groups -OCH3 is 1. The van der Waals surface area contributed by atoms with Gasteiger partial charge >= 0.3 is 6.03 Å². The summed E-state index contributed by atoms with van der Waals surface area (Å²) in [6.45, 7) is 9.65. The topological polar surface area (TPSA) is 70.6 Å². The van der Waals surface area contributed by atoms with Crippen LogP contribution in [0, 0.1) is 11.3 Å². The van der Waals surface area contributed by atoms with Gasteiger partial charge in [0.25, 0.3) is 0 Å². The minimum atomic E-state index is -0.663. The predicted octanol–water partition coefficient (Wildman–Crippen LogP) is 1.37. The Balaban J connectivity index is 3.82. The van der Waals surface area contributed by atoms with Crippen LogP contribution in [0.25, 0.3) is 0 Å². The molecule has 0 aromatic heterocycles. The Morgan fingerprint density at radius 1 is 1.33 bits per heavy atom. The minimum absolute atomic E-state index is 0.0800. The fourth-order valence-corrected chi connectivity index (χ4v) is 2.02. The van der Waals surface area contributed by atoms with Crippen molar-refractivity contribution < 1.29 is 14.6 Å². The van der Waals surface area contributed by atoms with E-state index in [2.05, 4.69) is 38.3 Å². The molecule has 0 aliphatic heterocycles. The lowest BCUT2D eigenvalue weighted by Crippen LogP contribution is -2.44. The zero-order valence-electron chi connectivity index (χ0n) is 12.2. The largest absolute Gasteiger partial charge is 0.389 e. The maximum absolute atomic E-state index is 11.5. The van der Waals surface area contributed by atoms with Gasteiger partial charge in [-0.15, -0.1) is 0 Å². The summed E-state index contributed by atoms with van der Waals surface area (Å²) < 4.78 is 4.77. The van der Waals surface area contributed by atoms with Gasteiger partial charge in [-0.25, -0.2) is 4.79 Å². The Labute approximate surface area is 110 Å². The molecule has 0 heterocycles. The predicted molar refractivity (Wildman–Crippen MR) is 72.5 cm³/mol. The average molecular weight is 260 g/mol. The highest BCUT2D eigenvalue weighted by molar-refractivity contribution is 5.73. The number of aliphatic hydroxyl groups is 1. The number of aliphatic hydroxyl groups excluding tert-OH is 1. The van der Waals surface area contributed by atoms with Crippen molar-refractivity contribution in [1.82, 2.24) is 10.6 Å². The summed E-state index contributed by atoms with van der Waals surface area (Å²) in [7, 11) is 1.51. The van der Waals surface area contributed by atoms with Gasteiger partial charge in [-0.05, 0) is 17.8 Å². The Morgan fingerprint density at radius 3 is 2.44 bits per heavy atom. The molecule has 18 heavy (non-hydrogen) atoms. The van der Waals surface area contributed by atoms with E-state index in [0.717, 1.165) is 6.42 Å². The highest BCUT2D eigenvalue weighted by Crippen LogP contribution is 2.23. The highest BCUT2D eigenvalue weighted by Gasteiger charge is 2.20. The summed E-state index contributed by atoms with van der Waals surface area (Å²) in [6.07, 6.45) is 0.393. The van der Waals surface area contributed by atoms with Crippen LogP contribution in [0.5, 0.6) is 0 Å². The van der Waals surface area contributed by atoms with Crippen LogP contribution < -0.4 is 10.6 Å². The van der Waals surface area contributed by atoms with Crippen LogP contribution in [0.3, 0.4) is 0 Å². The van der Waals surface area contributed by atoms with E-state index >= 15 is 0 Å². The van der Waals surface area contributed by atoms with Crippen LogP contribution in [0.1, 0.15) is 34.1 Å². The SMILES string of the molecule is COCC(O)CNC(=O)NCC(C)(C)CC(C)C. The van der Waals surface area contributed by atoms with E-state index in [-0.39, 0.29) is 24.6 Å². The van der Waals surface area contributed by atoms with E-state index in [4.69, 9.17) is 4.74 Å². The van der Waals surface area contributed by atoms with Crippen molar-refractivity contribution in [3.05, 3.63) is 0 Å². The van der Waals surface area contributed by atoms with Crippen molar-refractivity contribution >= 4 is 6.03 Å². The van der Waals surface area contributed by atoms with Crippen molar-refractivity contribution in [2.45, 2.75) is 40.2 Å². The van der Waals surface area contributed by atoms with Gasteiger partial charge in [-0.2, -0.15) is 0 Å². The summed E-state index contributed by atoms with van der Waals surface area (Å²) in [5.74, 6) is 0.605. The molecule has 0 rings (SSSR count). The lowest BCUT2D eigenvalue weighted by molar-refractivity contribution is 0.0659. The Morgan fingerprint density at radius 2 is 1.94 bits per heavy atom. The van der Waals surface area contributed by atoms with Gasteiger partial charge in [0.15, 0.2) is 0 Å². The zero-order chi connectivity index (χ0) is 14.2. The molecule has 5 nitrogen and oxygen atoms in total. The van der Waals surface area contributed by atoms with E-state index in [9.17, 15) is 9.90 Å². The van der Waals surface area contributed by atoms with Gasteiger partial charge in [0, 0.05) is 20.2 Å². The van der Waals surface area contributed by atoms with Gasteiger partial charge in [-0.3, -0.25) is 0 Å². The van der Waals surface area contributed by atoms with E-state index in [0.29, 0.717) is 12.5 Å². The van der Waals surface area contributed by atoms with Crippen molar-refractivity contribution in [2.24, 2.45) is 11.3 Å². The summed E-state index contributed by atoms with van der Waals surface area (Å²) in [6, 6.07) is -0.248. The molecule has 0 saturated heterocycles. The molecule has 0 radical (unpaired) electrons. The second-order valence-corrected chi connectivity index (χ2v) is 5.93. The average Bonchev–Trinajstić information content (AvgIpc) is 2.22. The molecule has 0 saturated carbocycles. The Hall–Kier alpha value is -0.810. The zero-order valence-corrected chi connectivity index (χ0v) is 12.2. The van der Waals surface area contributed by atoms with Crippen LogP contribution in [0.15, 0.2) is 0 Å². The lowest BCUT2D eigenvalue weighted by Gasteiger charge is -2.27. The van der Waals surface area contributed by atoms with E-state index in [1.54, 1.807) is 0 Å². The lowest BCUT2D eigenvalue weighted by atomic mass is 9.84. The third-order valence-corrected chi connectivity index (χ3v) is 2.55. The maximum atomic E-state index is 11.5. The number of nitrogens with one attached hydrogen (secondary N) is 2. The molecular formula is C13H28N2O3. The molecule has 1 atom stereocenters. The first-order valence-corrected chi connectivity index (χ1v) is 6.45. The van der Waals surface area contributed by atoms with Crippen molar-refractivity contribution in [1.29, 1.82) is 0 Å². The highest BCUT2D eigenvalue weighted by atomic mass is 16.5. The standard InChI is InChI=1S/C13H28N2O3/c1-10(2)6-13(3,4)9-15-12(17)14-7-11(16)8-18-5/h10-11,16H,6-9H2,1-5H3,(H2,14,15,17). The van der Waals surface area contributed by atoms with E-state index < -0.39 is 6.10 Å². The normalized spacial score (nSPS) is 13.5. The van der Waals surface area contributed by atoms with Crippen molar-refractivity contribution in [3.8, 4) is 0 Å². The number of ether oxygens (including phenoxy) is 1. The van der Waals surface area contributed by atoms with E-state index in [1.165, 1.54) is 7.11 Å². The van der Waals surface area contributed by atoms with Crippen LogP contribution in [0.4, 0.5) is 4.79 Å². The quantitative estimate of drug-likeness (QED) is 0.617. The molecule has 0 aliphatic carbocycles. The summed E-state index contributed by atoms with van der Waals surface area (Å²) in [5.41, 5.74) is 0.0800. The summed E-state index contributed by atoms with van der Waals surface area (Å²) >= 11 is 0. The van der Waals surface area contributed by atoms with Crippen LogP contribution >= 0.6 is 0 Å². The summed E-state index contributed by atoms with van der Waals surface area (Å²) in [5, 5.41) is 14.8. The molecule has 0 aromatic rings. The first kappa shape index (κ1) is 17.2. The Bertz CT molecular complexity index is 242. The molecule has 0 aromatic carbocycles.